The number of rotatable bonds is 5. The zero-order valence-corrected chi connectivity index (χ0v) is 10.2. The predicted molar refractivity (Wildman–Crippen MR) is 69.9 cm³/mol. The standard InChI is InChI=1S/C14H20N2O/c15-13-5-3-12(4-6-13)11-14(17)7-10-16-8-1-2-9-16/h3-6H,1-2,7-11,15H2. The highest BCUT2D eigenvalue weighted by atomic mass is 16.1. The highest BCUT2D eigenvalue weighted by molar-refractivity contribution is 5.81. The maximum Gasteiger partial charge on any atom is 0.138 e. The summed E-state index contributed by atoms with van der Waals surface area (Å²) < 4.78 is 0. The molecular weight excluding hydrogens is 212 g/mol. The lowest BCUT2D eigenvalue weighted by Gasteiger charge is -2.13. The van der Waals surface area contributed by atoms with Crippen molar-refractivity contribution in [3.05, 3.63) is 29.8 Å². The van der Waals surface area contributed by atoms with Crippen molar-refractivity contribution < 1.29 is 4.79 Å². The summed E-state index contributed by atoms with van der Waals surface area (Å²) >= 11 is 0. The van der Waals surface area contributed by atoms with Gasteiger partial charge in [-0.1, -0.05) is 12.1 Å². The van der Waals surface area contributed by atoms with Crippen molar-refractivity contribution in [2.45, 2.75) is 25.7 Å². The number of carbonyl (C=O) groups is 1. The minimum Gasteiger partial charge on any atom is -0.399 e. The van der Waals surface area contributed by atoms with Gasteiger partial charge in [0.1, 0.15) is 5.78 Å². The molecule has 1 saturated heterocycles. The zero-order chi connectivity index (χ0) is 12.1. The Morgan fingerprint density at radius 2 is 1.82 bits per heavy atom. The van der Waals surface area contributed by atoms with Gasteiger partial charge in [0, 0.05) is 25.1 Å². The second-order valence-electron chi connectivity index (χ2n) is 4.76. The monoisotopic (exact) mass is 232 g/mol. The average molecular weight is 232 g/mol. The third-order valence-corrected chi connectivity index (χ3v) is 3.29. The second-order valence-corrected chi connectivity index (χ2v) is 4.76. The average Bonchev–Trinajstić information content (AvgIpc) is 2.83. The summed E-state index contributed by atoms with van der Waals surface area (Å²) in [6.45, 7) is 3.25. The maximum absolute atomic E-state index is 11.8. The fourth-order valence-electron chi connectivity index (χ4n) is 2.24. The number of carbonyl (C=O) groups excluding carboxylic acids is 1. The van der Waals surface area contributed by atoms with Gasteiger partial charge in [0.15, 0.2) is 0 Å². The van der Waals surface area contributed by atoms with Gasteiger partial charge in [-0.05, 0) is 43.6 Å². The Balaban J connectivity index is 1.74. The lowest BCUT2D eigenvalue weighted by atomic mass is 10.1. The highest BCUT2D eigenvalue weighted by Crippen LogP contribution is 2.10. The quantitative estimate of drug-likeness (QED) is 0.788. The Hall–Kier alpha value is -1.35. The normalized spacial score (nSPS) is 16.2. The van der Waals surface area contributed by atoms with Crippen LogP contribution in [0.25, 0.3) is 0 Å². The highest BCUT2D eigenvalue weighted by Gasteiger charge is 2.12. The van der Waals surface area contributed by atoms with Crippen LogP contribution in [0.15, 0.2) is 24.3 Å². The fourth-order valence-corrected chi connectivity index (χ4v) is 2.24. The number of Topliss-reactive ketones (excluding diaryl/α,β-unsaturated/α-hetero) is 1. The number of anilines is 1. The van der Waals surface area contributed by atoms with Crippen molar-refractivity contribution in [3.8, 4) is 0 Å². The molecule has 2 N–H and O–H groups in total. The first-order chi connectivity index (χ1) is 8.24. The molecule has 2 rings (SSSR count). The molecule has 0 bridgehead atoms. The summed E-state index contributed by atoms with van der Waals surface area (Å²) in [6, 6.07) is 7.57. The van der Waals surface area contributed by atoms with E-state index in [9.17, 15) is 4.79 Å². The van der Waals surface area contributed by atoms with Crippen LogP contribution in [0.5, 0.6) is 0 Å². The van der Waals surface area contributed by atoms with Gasteiger partial charge in [0.05, 0.1) is 0 Å². The molecule has 0 spiro atoms. The van der Waals surface area contributed by atoms with Gasteiger partial charge in [0.25, 0.3) is 0 Å². The lowest BCUT2D eigenvalue weighted by Crippen LogP contribution is -2.23. The minimum atomic E-state index is 0.321. The van der Waals surface area contributed by atoms with E-state index in [0.29, 0.717) is 18.6 Å². The molecule has 3 nitrogen and oxygen atoms in total. The van der Waals surface area contributed by atoms with Gasteiger partial charge in [0.2, 0.25) is 0 Å². The van der Waals surface area contributed by atoms with Crippen molar-refractivity contribution in [3.63, 3.8) is 0 Å². The molecule has 3 heteroatoms. The van der Waals surface area contributed by atoms with Gasteiger partial charge >= 0.3 is 0 Å². The van der Waals surface area contributed by atoms with E-state index in [2.05, 4.69) is 4.90 Å². The molecule has 1 fully saturated rings. The first kappa shape index (κ1) is 12.1. The van der Waals surface area contributed by atoms with Gasteiger partial charge in [-0.15, -0.1) is 0 Å². The summed E-state index contributed by atoms with van der Waals surface area (Å²) in [5, 5.41) is 0. The molecule has 1 aliphatic heterocycles. The first-order valence-corrected chi connectivity index (χ1v) is 6.32. The number of hydrogen-bond donors (Lipinski definition) is 1. The molecule has 1 aromatic rings. The smallest absolute Gasteiger partial charge is 0.138 e. The van der Waals surface area contributed by atoms with Crippen LogP contribution in [0.4, 0.5) is 5.69 Å². The largest absolute Gasteiger partial charge is 0.399 e. The van der Waals surface area contributed by atoms with Crippen LogP contribution >= 0.6 is 0 Å². The molecule has 0 aliphatic carbocycles. The number of hydrogen-bond acceptors (Lipinski definition) is 3. The molecule has 0 radical (unpaired) electrons. The van der Waals surface area contributed by atoms with Crippen LogP contribution in [0.3, 0.4) is 0 Å². The molecular formula is C14H20N2O. The fraction of sp³-hybridized carbons (Fsp3) is 0.500. The molecule has 0 unspecified atom stereocenters. The number of benzene rings is 1. The van der Waals surface area contributed by atoms with Crippen LogP contribution in [0.1, 0.15) is 24.8 Å². The Morgan fingerprint density at radius 3 is 2.47 bits per heavy atom. The summed E-state index contributed by atoms with van der Waals surface area (Å²) in [4.78, 5) is 14.2. The van der Waals surface area contributed by atoms with Crippen molar-refractivity contribution >= 4 is 11.5 Å². The van der Waals surface area contributed by atoms with E-state index in [1.165, 1.54) is 12.8 Å². The minimum absolute atomic E-state index is 0.321. The summed E-state index contributed by atoms with van der Waals surface area (Å²) in [7, 11) is 0. The third kappa shape index (κ3) is 3.86. The van der Waals surface area contributed by atoms with E-state index in [1.54, 1.807) is 0 Å². The van der Waals surface area contributed by atoms with E-state index in [0.717, 1.165) is 30.9 Å². The van der Waals surface area contributed by atoms with E-state index >= 15 is 0 Å². The van der Waals surface area contributed by atoms with Gasteiger partial charge in [-0.25, -0.2) is 0 Å². The van der Waals surface area contributed by atoms with Crippen molar-refractivity contribution in [1.82, 2.24) is 4.90 Å². The molecule has 1 aromatic carbocycles. The van der Waals surface area contributed by atoms with Crippen molar-refractivity contribution in [2.24, 2.45) is 0 Å². The van der Waals surface area contributed by atoms with Crippen LogP contribution in [-0.4, -0.2) is 30.3 Å². The van der Waals surface area contributed by atoms with Gasteiger partial charge < -0.3 is 10.6 Å². The Labute approximate surface area is 103 Å². The number of nitrogen functional groups attached to an aromatic ring is 1. The molecule has 92 valence electrons. The van der Waals surface area contributed by atoms with Crippen LogP contribution in [-0.2, 0) is 11.2 Å². The van der Waals surface area contributed by atoms with Crippen LogP contribution in [0, 0.1) is 0 Å². The van der Waals surface area contributed by atoms with Crippen molar-refractivity contribution in [1.29, 1.82) is 0 Å². The Morgan fingerprint density at radius 1 is 1.18 bits per heavy atom. The molecule has 1 aliphatic rings. The molecule has 1 heterocycles. The van der Waals surface area contributed by atoms with Crippen LogP contribution in [0.2, 0.25) is 0 Å². The zero-order valence-electron chi connectivity index (χ0n) is 10.2. The topological polar surface area (TPSA) is 46.3 Å². The van der Waals surface area contributed by atoms with E-state index in [-0.39, 0.29) is 0 Å². The lowest BCUT2D eigenvalue weighted by molar-refractivity contribution is -0.118. The molecule has 0 amide bonds. The summed E-state index contributed by atoms with van der Waals surface area (Å²) in [6.07, 6.45) is 3.77. The molecule has 0 aromatic heterocycles. The predicted octanol–water partition coefficient (Wildman–Crippen LogP) is 1.87. The van der Waals surface area contributed by atoms with Crippen LogP contribution < -0.4 is 5.73 Å². The summed E-state index contributed by atoms with van der Waals surface area (Å²) in [5.41, 5.74) is 7.42. The Bertz CT molecular complexity index is 366. The molecule has 0 saturated carbocycles. The van der Waals surface area contributed by atoms with Crippen molar-refractivity contribution in [2.75, 3.05) is 25.4 Å². The van der Waals surface area contributed by atoms with E-state index in [4.69, 9.17) is 5.73 Å². The first-order valence-electron chi connectivity index (χ1n) is 6.32. The second kappa shape index (κ2) is 5.82. The molecule has 17 heavy (non-hydrogen) atoms. The van der Waals surface area contributed by atoms with E-state index in [1.807, 2.05) is 24.3 Å². The number of nitrogens with two attached hydrogens (primary N) is 1. The van der Waals surface area contributed by atoms with Gasteiger partial charge in [-0.2, -0.15) is 0 Å². The summed E-state index contributed by atoms with van der Waals surface area (Å²) in [5.74, 6) is 0.321. The Kier molecular flexibility index (Phi) is 4.15. The number of likely N-dealkylation sites (tertiary alicyclic amines) is 1. The third-order valence-electron chi connectivity index (χ3n) is 3.29. The molecule has 0 atom stereocenters. The van der Waals surface area contributed by atoms with E-state index < -0.39 is 0 Å². The van der Waals surface area contributed by atoms with Gasteiger partial charge in [-0.3, -0.25) is 4.79 Å². The number of nitrogens with zero attached hydrogens (tertiary/aromatic N) is 1. The SMILES string of the molecule is Nc1ccc(CC(=O)CCN2CCCC2)cc1. The number of ketones is 1. The maximum atomic E-state index is 11.8.